The van der Waals surface area contributed by atoms with Crippen LogP contribution in [0.15, 0.2) is 30.5 Å². The number of primary amides is 1. The molecule has 0 aliphatic rings. The fourth-order valence-corrected chi connectivity index (χ4v) is 1.37. The third-order valence-corrected chi connectivity index (χ3v) is 2.13. The lowest BCUT2D eigenvalue weighted by molar-refractivity contribution is -0.118. The van der Waals surface area contributed by atoms with Crippen LogP contribution in [0, 0.1) is 0 Å². The van der Waals surface area contributed by atoms with Crippen LogP contribution in [0.3, 0.4) is 0 Å². The molecule has 0 spiro atoms. The Labute approximate surface area is 87.1 Å². The minimum absolute atomic E-state index is 0.290. The molecule has 1 amide bonds. The number of carbonyl (C=O) groups is 1. The van der Waals surface area contributed by atoms with Gasteiger partial charge in [-0.25, -0.2) is 9.97 Å². The van der Waals surface area contributed by atoms with Crippen molar-refractivity contribution < 1.29 is 4.79 Å². The van der Waals surface area contributed by atoms with E-state index in [0.29, 0.717) is 18.7 Å². The molecule has 0 aliphatic carbocycles. The van der Waals surface area contributed by atoms with E-state index in [4.69, 9.17) is 5.73 Å². The third-order valence-electron chi connectivity index (χ3n) is 2.13. The molecular formula is C11H11N3O. The molecule has 0 aliphatic heterocycles. The number of para-hydroxylation sites is 1. The Balaban J connectivity index is 2.26. The predicted octanol–water partition coefficient (Wildman–Crippen LogP) is 1.05. The van der Waals surface area contributed by atoms with Crippen LogP contribution in [0.2, 0.25) is 0 Å². The monoisotopic (exact) mass is 201 g/mol. The van der Waals surface area contributed by atoms with E-state index in [0.717, 1.165) is 10.9 Å². The number of hydrogen-bond donors (Lipinski definition) is 1. The van der Waals surface area contributed by atoms with Gasteiger partial charge in [-0.3, -0.25) is 4.79 Å². The Bertz CT molecular complexity index is 496. The number of aromatic nitrogens is 2. The van der Waals surface area contributed by atoms with Crippen LogP contribution in [-0.2, 0) is 11.2 Å². The summed E-state index contributed by atoms with van der Waals surface area (Å²) in [4.78, 5) is 19.1. The zero-order valence-corrected chi connectivity index (χ0v) is 8.18. The van der Waals surface area contributed by atoms with Gasteiger partial charge in [-0.05, 0) is 6.07 Å². The summed E-state index contributed by atoms with van der Waals surface area (Å²) >= 11 is 0. The number of hydrogen-bond acceptors (Lipinski definition) is 3. The number of amides is 1. The summed E-state index contributed by atoms with van der Waals surface area (Å²) in [5.41, 5.74) is 5.95. The molecule has 0 bridgehead atoms. The first kappa shape index (κ1) is 9.58. The molecule has 0 unspecified atom stereocenters. The average Bonchev–Trinajstić information content (AvgIpc) is 2.26. The van der Waals surface area contributed by atoms with Crippen molar-refractivity contribution in [2.45, 2.75) is 12.8 Å². The number of fused-ring (bicyclic) bond motifs is 1. The first-order valence-electron chi connectivity index (χ1n) is 4.74. The lowest BCUT2D eigenvalue weighted by Gasteiger charge is -2.00. The molecule has 1 aromatic heterocycles. The number of rotatable bonds is 3. The van der Waals surface area contributed by atoms with Gasteiger partial charge in [-0.2, -0.15) is 0 Å². The zero-order chi connectivity index (χ0) is 10.7. The summed E-state index contributed by atoms with van der Waals surface area (Å²) < 4.78 is 0. The van der Waals surface area contributed by atoms with E-state index in [2.05, 4.69) is 9.97 Å². The van der Waals surface area contributed by atoms with Crippen molar-refractivity contribution in [1.29, 1.82) is 0 Å². The second kappa shape index (κ2) is 4.04. The van der Waals surface area contributed by atoms with Crippen LogP contribution < -0.4 is 5.73 Å². The summed E-state index contributed by atoms with van der Waals surface area (Å²) in [6.45, 7) is 0. The van der Waals surface area contributed by atoms with Gasteiger partial charge < -0.3 is 5.73 Å². The molecule has 0 fully saturated rings. The molecule has 0 saturated heterocycles. The van der Waals surface area contributed by atoms with Crippen LogP contribution in [0.25, 0.3) is 10.9 Å². The van der Waals surface area contributed by atoms with Gasteiger partial charge in [-0.15, -0.1) is 0 Å². The van der Waals surface area contributed by atoms with Gasteiger partial charge in [0.1, 0.15) is 5.82 Å². The Morgan fingerprint density at radius 1 is 1.33 bits per heavy atom. The summed E-state index contributed by atoms with van der Waals surface area (Å²) in [6.07, 6.45) is 2.55. The van der Waals surface area contributed by atoms with Gasteiger partial charge in [0.05, 0.1) is 5.52 Å². The van der Waals surface area contributed by atoms with Gasteiger partial charge in [0, 0.05) is 24.4 Å². The van der Waals surface area contributed by atoms with Crippen LogP contribution in [0.5, 0.6) is 0 Å². The maximum Gasteiger partial charge on any atom is 0.217 e. The molecule has 0 radical (unpaired) electrons. The highest BCUT2D eigenvalue weighted by atomic mass is 16.1. The molecule has 15 heavy (non-hydrogen) atoms. The van der Waals surface area contributed by atoms with E-state index in [-0.39, 0.29) is 5.91 Å². The molecule has 2 N–H and O–H groups in total. The lowest BCUT2D eigenvalue weighted by Crippen LogP contribution is -2.12. The Kier molecular flexibility index (Phi) is 2.58. The van der Waals surface area contributed by atoms with Crippen molar-refractivity contribution >= 4 is 16.8 Å². The second-order valence-corrected chi connectivity index (χ2v) is 3.31. The number of aryl methyl sites for hydroxylation is 1. The highest BCUT2D eigenvalue weighted by molar-refractivity contribution is 5.77. The molecule has 4 nitrogen and oxygen atoms in total. The van der Waals surface area contributed by atoms with Crippen LogP contribution >= 0.6 is 0 Å². The smallest absolute Gasteiger partial charge is 0.217 e. The predicted molar refractivity (Wildman–Crippen MR) is 57.1 cm³/mol. The maximum absolute atomic E-state index is 10.6. The average molecular weight is 201 g/mol. The van der Waals surface area contributed by atoms with Crippen molar-refractivity contribution in [2.75, 3.05) is 0 Å². The normalized spacial score (nSPS) is 10.4. The SMILES string of the molecule is NC(=O)CCc1ncc2ccccc2n1. The van der Waals surface area contributed by atoms with Crippen molar-refractivity contribution in [3.63, 3.8) is 0 Å². The van der Waals surface area contributed by atoms with Gasteiger partial charge in [0.2, 0.25) is 5.91 Å². The molecule has 76 valence electrons. The summed E-state index contributed by atoms with van der Waals surface area (Å²) in [5.74, 6) is 0.333. The van der Waals surface area contributed by atoms with E-state index in [1.165, 1.54) is 0 Å². The molecular weight excluding hydrogens is 190 g/mol. The molecule has 0 atom stereocenters. The molecule has 2 aromatic rings. The van der Waals surface area contributed by atoms with Crippen molar-refractivity contribution in [2.24, 2.45) is 5.73 Å². The quantitative estimate of drug-likeness (QED) is 0.806. The Hall–Kier alpha value is -1.97. The van der Waals surface area contributed by atoms with Gasteiger partial charge in [-0.1, -0.05) is 18.2 Å². The van der Waals surface area contributed by atoms with Gasteiger partial charge >= 0.3 is 0 Å². The second-order valence-electron chi connectivity index (χ2n) is 3.31. The van der Waals surface area contributed by atoms with Gasteiger partial charge in [0.25, 0.3) is 0 Å². The van der Waals surface area contributed by atoms with E-state index in [1.54, 1.807) is 6.20 Å². The van der Waals surface area contributed by atoms with Crippen LogP contribution in [-0.4, -0.2) is 15.9 Å². The van der Waals surface area contributed by atoms with Crippen LogP contribution in [0.4, 0.5) is 0 Å². The third kappa shape index (κ3) is 2.28. The van der Waals surface area contributed by atoms with Crippen molar-refractivity contribution in [3.8, 4) is 0 Å². The first-order chi connectivity index (χ1) is 7.25. The minimum Gasteiger partial charge on any atom is -0.370 e. The molecule has 0 saturated carbocycles. The van der Waals surface area contributed by atoms with E-state index in [1.807, 2.05) is 24.3 Å². The van der Waals surface area contributed by atoms with E-state index in [9.17, 15) is 4.79 Å². The minimum atomic E-state index is -0.327. The molecule has 1 heterocycles. The van der Waals surface area contributed by atoms with Gasteiger partial charge in [0.15, 0.2) is 0 Å². The highest BCUT2D eigenvalue weighted by Gasteiger charge is 2.01. The van der Waals surface area contributed by atoms with Crippen molar-refractivity contribution in [3.05, 3.63) is 36.3 Å². The highest BCUT2D eigenvalue weighted by Crippen LogP contribution is 2.09. The zero-order valence-electron chi connectivity index (χ0n) is 8.18. The van der Waals surface area contributed by atoms with Crippen molar-refractivity contribution in [1.82, 2.24) is 9.97 Å². The fraction of sp³-hybridized carbons (Fsp3) is 0.182. The Morgan fingerprint density at radius 3 is 2.93 bits per heavy atom. The summed E-state index contributed by atoms with van der Waals surface area (Å²) in [6, 6.07) is 7.74. The standard InChI is InChI=1S/C11H11N3O/c12-10(15)5-6-11-13-7-8-3-1-2-4-9(8)14-11/h1-4,7H,5-6H2,(H2,12,15). The molecule has 1 aromatic carbocycles. The maximum atomic E-state index is 10.6. The fourth-order valence-electron chi connectivity index (χ4n) is 1.37. The lowest BCUT2D eigenvalue weighted by atomic mass is 10.2. The van der Waals surface area contributed by atoms with Crippen LogP contribution in [0.1, 0.15) is 12.2 Å². The Morgan fingerprint density at radius 2 is 2.13 bits per heavy atom. The number of nitrogens with two attached hydrogens (primary N) is 1. The molecule has 2 rings (SSSR count). The number of nitrogens with zero attached hydrogens (tertiary/aromatic N) is 2. The first-order valence-corrected chi connectivity index (χ1v) is 4.74. The van der Waals surface area contributed by atoms with E-state index >= 15 is 0 Å². The topological polar surface area (TPSA) is 68.9 Å². The number of benzene rings is 1. The summed E-state index contributed by atoms with van der Waals surface area (Å²) in [7, 11) is 0. The van der Waals surface area contributed by atoms with E-state index < -0.39 is 0 Å². The summed E-state index contributed by atoms with van der Waals surface area (Å²) in [5, 5.41) is 1.00. The molecule has 4 heteroatoms. The largest absolute Gasteiger partial charge is 0.370 e. The number of carbonyl (C=O) groups excluding carboxylic acids is 1.